The van der Waals surface area contributed by atoms with Gasteiger partial charge >= 0.3 is 0 Å². The molecule has 0 unspecified atom stereocenters. The van der Waals surface area contributed by atoms with Crippen molar-refractivity contribution in [2.45, 2.75) is 35.5 Å². The molecule has 0 atom stereocenters. The van der Waals surface area contributed by atoms with E-state index in [0.717, 1.165) is 16.7 Å². The number of benzene rings is 3. The molecule has 15 heteroatoms. The van der Waals surface area contributed by atoms with Crippen molar-refractivity contribution in [3.05, 3.63) is 89.5 Å². The van der Waals surface area contributed by atoms with Crippen LogP contribution in [0.25, 0.3) is 0 Å². The zero-order valence-electron chi connectivity index (χ0n) is 27.9. The number of hydrogen-bond acceptors (Lipinski definition) is 9. The fraction of sp³-hybridized carbons (Fsp3) is 0.455. The van der Waals surface area contributed by atoms with E-state index in [9.17, 15) is 25.3 Å². The van der Waals surface area contributed by atoms with Gasteiger partial charge in [-0.3, -0.25) is 14.7 Å². The second-order valence-electron chi connectivity index (χ2n) is 12.2. The number of rotatable bonds is 15. The summed E-state index contributed by atoms with van der Waals surface area (Å²) in [4.78, 5) is 7.19. The molecule has 1 aliphatic rings. The van der Waals surface area contributed by atoms with E-state index in [2.05, 4.69) is 28.9 Å². The maximum absolute atomic E-state index is 12.8. The zero-order valence-corrected chi connectivity index (χ0v) is 30.4. The van der Waals surface area contributed by atoms with Crippen LogP contribution in [0.4, 0.5) is 0 Å². The molecule has 3 aromatic rings. The number of nitrogens with zero attached hydrogens (tertiary/aromatic N) is 3. The Morgan fingerprint density at radius 2 is 0.646 bits per heavy atom. The Balaban J connectivity index is 0.00000433. The monoisotopic (exact) mass is 726 g/mol. The molecule has 12 nitrogen and oxygen atoms in total. The minimum absolute atomic E-state index is 0. The number of nitrogens with one attached hydrogen (secondary N) is 3. The molecule has 48 heavy (non-hydrogen) atoms. The summed E-state index contributed by atoms with van der Waals surface area (Å²) >= 11 is 0. The molecule has 0 bridgehead atoms. The van der Waals surface area contributed by atoms with Gasteiger partial charge in [-0.15, -0.1) is 0 Å². The predicted octanol–water partition coefficient (Wildman–Crippen LogP) is 2.50. The Morgan fingerprint density at radius 1 is 0.438 bits per heavy atom. The molecule has 1 saturated heterocycles. The summed E-state index contributed by atoms with van der Waals surface area (Å²) in [6.07, 6.45) is 0. The third kappa shape index (κ3) is 11.7. The van der Waals surface area contributed by atoms with E-state index in [-0.39, 0.29) is 38.6 Å². The van der Waals surface area contributed by atoms with Crippen LogP contribution in [0.15, 0.2) is 87.5 Å². The lowest BCUT2D eigenvalue weighted by atomic mass is 10.2. The van der Waals surface area contributed by atoms with Gasteiger partial charge in [-0.1, -0.05) is 53.1 Å². The molecule has 3 aromatic carbocycles. The van der Waals surface area contributed by atoms with Crippen LogP contribution in [0.3, 0.4) is 0 Å². The van der Waals surface area contributed by atoms with Crippen molar-refractivity contribution in [3.8, 4) is 0 Å². The molecule has 0 amide bonds. The number of sulfonamides is 3. The fourth-order valence-electron chi connectivity index (χ4n) is 5.27. The van der Waals surface area contributed by atoms with Crippen molar-refractivity contribution in [2.24, 2.45) is 0 Å². The van der Waals surface area contributed by atoms with Gasteiger partial charge in [0.05, 0.1) is 14.7 Å². The highest BCUT2D eigenvalue weighted by Gasteiger charge is 2.20. The summed E-state index contributed by atoms with van der Waals surface area (Å²) in [6.45, 7) is 11.8. The van der Waals surface area contributed by atoms with Crippen molar-refractivity contribution in [3.63, 3.8) is 0 Å². The van der Waals surface area contributed by atoms with E-state index in [1.807, 2.05) is 20.8 Å². The number of hydrogen-bond donors (Lipinski definition) is 3. The lowest BCUT2D eigenvalue weighted by Crippen LogP contribution is -2.42. The molecular weight excluding hydrogens is 673 g/mol. The Kier molecular flexibility index (Phi) is 13.7. The van der Waals surface area contributed by atoms with E-state index >= 15 is 0 Å². The second kappa shape index (κ2) is 17.3. The molecule has 270 valence electrons. The zero-order chi connectivity index (χ0) is 34.8. The summed E-state index contributed by atoms with van der Waals surface area (Å²) in [5.41, 5.74) is 2.93. The lowest BCUT2D eigenvalue weighted by molar-refractivity contribution is 0.223. The molecule has 0 spiro atoms. The van der Waals surface area contributed by atoms with Crippen LogP contribution in [0.5, 0.6) is 0 Å². The van der Waals surface area contributed by atoms with Crippen molar-refractivity contribution in [2.75, 3.05) is 78.5 Å². The van der Waals surface area contributed by atoms with Crippen LogP contribution in [0.1, 0.15) is 21.0 Å². The van der Waals surface area contributed by atoms with E-state index < -0.39 is 30.1 Å². The summed E-state index contributed by atoms with van der Waals surface area (Å²) in [5.74, 6) is 0. The molecule has 1 fully saturated rings. The molecule has 0 aliphatic carbocycles. The van der Waals surface area contributed by atoms with Crippen LogP contribution in [-0.4, -0.2) is 118 Å². The van der Waals surface area contributed by atoms with Crippen LogP contribution < -0.4 is 14.2 Å². The maximum Gasteiger partial charge on any atom is 0.240 e. The Morgan fingerprint density at radius 3 is 0.854 bits per heavy atom. The van der Waals surface area contributed by atoms with Crippen LogP contribution in [-0.2, 0) is 30.1 Å². The molecular formula is C33H54N6O6S3. The smallest absolute Gasteiger partial charge is 0.240 e. The van der Waals surface area contributed by atoms with Gasteiger partial charge in [0.1, 0.15) is 0 Å². The Bertz CT molecular complexity index is 1580. The Labute approximate surface area is 291 Å². The normalized spacial score (nSPS) is 16.3. The van der Waals surface area contributed by atoms with Gasteiger partial charge in [0.15, 0.2) is 0 Å². The summed E-state index contributed by atoms with van der Waals surface area (Å²) < 4.78 is 85.2. The van der Waals surface area contributed by atoms with Crippen LogP contribution >= 0.6 is 0 Å². The van der Waals surface area contributed by atoms with Crippen LogP contribution in [0, 0.1) is 20.8 Å². The number of aryl methyl sites for hydroxylation is 3. The summed E-state index contributed by atoms with van der Waals surface area (Å²) in [5, 5.41) is 0. The van der Waals surface area contributed by atoms with Gasteiger partial charge in [-0.2, -0.15) is 0 Å². The van der Waals surface area contributed by atoms with E-state index in [0.29, 0.717) is 58.9 Å². The first-order valence-corrected chi connectivity index (χ1v) is 20.5. The average molecular weight is 727 g/mol. The van der Waals surface area contributed by atoms with Crippen molar-refractivity contribution < 1.29 is 29.5 Å². The minimum atomic E-state index is -3.65. The minimum Gasteiger partial charge on any atom is -0.299 e. The molecule has 0 radical (unpaired) electrons. The SMILES string of the molecule is Cc1ccc(S(=O)(=O)NCCN2CCN(CCNS(=O)(=O)c3ccc(C)cc3)CCN(CCNS(=O)(=O)c3ccc(C)cc3)CC2)cc1.[HH].[HH].[HH]. The van der Waals surface area contributed by atoms with Gasteiger partial charge < -0.3 is 0 Å². The highest BCUT2D eigenvalue weighted by atomic mass is 32.2. The van der Waals surface area contributed by atoms with Gasteiger partial charge in [0, 0.05) is 82.8 Å². The first-order chi connectivity index (χ1) is 22.7. The summed E-state index contributed by atoms with van der Waals surface area (Å²) in [7, 11) is -11.0. The van der Waals surface area contributed by atoms with Crippen molar-refractivity contribution in [1.82, 2.24) is 28.9 Å². The van der Waals surface area contributed by atoms with Gasteiger partial charge in [-0.05, 0) is 57.2 Å². The van der Waals surface area contributed by atoms with E-state index in [1.54, 1.807) is 72.8 Å². The van der Waals surface area contributed by atoms with Crippen LogP contribution in [0.2, 0.25) is 0 Å². The van der Waals surface area contributed by atoms with Crippen molar-refractivity contribution >= 4 is 30.1 Å². The molecule has 1 aliphatic heterocycles. The first-order valence-electron chi connectivity index (χ1n) is 16.1. The summed E-state index contributed by atoms with van der Waals surface area (Å²) in [6, 6.07) is 20.1. The molecule has 0 saturated carbocycles. The molecule has 3 N–H and O–H groups in total. The Hall–Kier alpha value is -2.73. The van der Waals surface area contributed by atoms with Gasteiger partial charge in [0.2, 0.25) is 30.1 Å². The van der Waals surface area contributed by atoms with Crippen molar-refractivity contribution in [1.29, 1.82) is 0 Å². The highest BCUT2D eigenvalue weighted by Crippen LogP contribution is 2.12. The third-order valence-corrected chi connectivity index (χ3v) is 12.8. The molecule has 1 heterocycles. The molecule has 4 rings (SSSR count). The van der Waals surface area contributed by atoms with E-state index in [4.69, 9.17) is 0 Å². The topological polar surface area (TPSA) is 148 Å². The quantitative estimate of drug-likeness (QED) is 0.215. The molecule has 0 aromatic heterocycles. The standard InChI is InChI=1S/C33H48N6O6S3.3H2/c1-28-4-10-31(11-5-28)46(40,41)34-16-19-37-22-24-38(20-17-35-47(42,43)32-12-6-29(2)7-13-32)26-27-39(25-23-37)21-18-36-48(44,45)33-14-8-30(3)9-15-33;;;/h4-15,34-36H,16-27H2,1-3H3;3*1H. The maximum atomic E-state index is 12.8. The predicted molar refractivity (Wildman–Crippen MR) is 195 cm³/mol. The van der Waals surface area contributed by atoms with Gasteiger partial charge in [0.25, 0.3) is 0 Å². The first kappa shape index (κ1) is 38.1. The average Bonchev–Trinajstić information content (AvgIpc) is 3.12. The second-order valence-corrected chi connectivity index (χ2v) is 17.5. The van der Waals surface area contributed by atoms with E-state index in [1.165, 1.54) is 0 Å². The largest absolute Gasteiger partial charge is 0.299 e. The highest BCUT2D eigenvalue weighted by molar-refractivity contribution is 7.90. The third-order valence-electron chi connectivity index (χ3n) is 8.35. The fourth-order valence-corrected chi connectivity index (χ4v) is 8.33. The lowest BCUT2D eigenvalue weighted by Gasteiger charge is -2.26. The van der Waals surface area contributed by atoms with Gasteiger partial charge in [-0.25, -0.2) is 39.4 Å².